The van der Waals surface area contributed by atoms with Crippen LogP contribution in [0.25, 0.3) is 11.0 Å². The number of benzene rings is 1. The minimum absolute atomic E-state index is 0.136. The van der Waals surface area contributed by atoms with Crippen LogP contribution in [0, 0.1) is 3.57 Å². The van der Waals surface area contributed by atoms with Crippen LogP contribution in [0.4, 0.5) is 0 Å². The van der Waals surface area contributed by atoms with Crippen LogP contribution in [0.1, 0.15) is 18.7 Å². The van der Waals surface area contributed by atoms with Crippen molar-refractivity contribution in [3.8, 4) is 0 Å². The minimum atomic E-state index is 0.136. The van der Waals surface area contributed by atoms with Gasteiger partial charge in [-0.15, -0.1) is 11.6 Å². The number of carbonyl (C=O) groups excluding carboxylic acids is 1. The molecule has 3 rings (SSSR count). The van der Waals surface area contributed by atoms with E-state index in [4.69, 9.17) is 11.6 Å². The number of hydrogen-bond acceptors (Lipinski definition) is 2. The molecule has 0 spiro atoms. The van der Waals surface area contributed by atoms with Gasteiger partial charge in [-0.2, -0.15) is 0 Å². The fraction of sp³-hybridized carbons (Fsp3) is 0.385. The number of carbonyl (C=O) groups is 1. The topological polar surface area (TPSA) is 46.9 Å². The molecule has 1 saturated heterocycles. The maximum Gasteiger partial charge on any atom is 0.220 e. The molecule has 1 fully saturated rings. The second-order valence-electron chi connectivity index (χ2n) is 4.71. The third-order valence-corrected chi connectivity index (χ3v) is 4.31. The van der Waals surface area contributed by atoms with Gasteiger partial charge in [0.2, 0.25) is 5.91 Å². The van der Waals surface area contributed by atoms with E-state index in [1.165, 1.54) is 0 Å². The largest absolute Gasteiger partial charge is 0.352 e. The van der Waals surface area contributed by atoms with E-state index < -0.39 is 0 Å². The normalized spacial score (nSPS) is 19.1. The Morgan fingerprint density at radius 1 is 1.53 bits per heavy atom. The van der Waals surface area contributed by atoms with Crippen LogP contribution in [0.15, 0.2) is 18.2 Å². The van der Waals surface area contributed by atoms with Crippen molar-refractivity contribution in [3.63, 3.8) is 0 Å². The molecule has 1 aliphatic rings. The smallest absolute Gasteiger partial charge is 0.220 e. The summed E-state index contributed by atoms with van der Waals surface area (Å²) in [7, 11) is 0. The Hall–Kier alpha value is -0.820. The summed E-state index contributed by atoms with van der Waals surface area (Å²) >= 11 is 8.26. The van der Waals surface area contributed by atoms with Gasteiger partial charge in [0.25, 0.3) is 0 Å². The molecule has 0 aliphatic carbocycles. The second kappa shape index (κ2) is 5.28. The lowest BCUT2D eigenvalue weighted by molar-refractivity contribution is -0.119. The Morgan fingerprint density at radius 2 is 2.37 bits per heavy atom. The SMILES string of the molecule is O=C1CCC(Cn2c(CCl)nc3cc(I)ccc32)N1. The molecule has 2 heterocycles. The molecule has 1 N–H and O–H groups in total. The van der Waals surface area contributed by atoms with Crippen molar-refractivity contribution >= 4 is 51.1 Å². The van der Waals surface area contributed by atoms with Gasteiger partial charge in [0.1, 0.15) is 5.82 Å². The Bertz CT molecular complexity index is 640. The zero-order valence-electron chi connectivity index (χ0n) is 10.2. The van der Waals surface area contributed by atoms with Crippen LogP contribution in [0.3, 0.4) is 0 Å². The lowest BCUT2D eigenvalue weighted by Gasteiger charge is -2.13. The van der Waals surface area contributed by atoms with Crippen molar-refractivity contribution in [3.05, 3.63) is 27.6 Å². The highest BCUT2D eigenvalue weighted by atomic mass is 127. The third-order valence-electron chi connectivity index (χ3n) is 3.40. The number of fused-ring (bicyclic) bond motifs is 1. The fourth-order valence-corrected chi connectivity index (χ4v) is 3.17. The Labute approximate surface area is 129 Å². The first-order valence-electron chi connectivity index (χ1n) is 6.17. The van der Waals surface area contributed by atoms with E-state index in [2.05, 4.69) is 55.7 Å². The molecular formula is C13H13ClIN3O. The number of hydrogen-bond donors (Lipinski definition) is 1. The maximum absolute atomic E-state index is 11.3. The molecule has 6 heteroatoms. The average molecular weight is 390 g/mol. The third kappa shape index (κ3) is 2.58. The molecule has 1 aromatic carbocycles. The number of rotatable bonds is 3. The molecule has 0 saturated carbocycles. The number of alkyl halides is 1. The maximum atomic E-state index is 11.3. The summed E-state index contributed by atoms with van der Waals surface area (Å²) in [6.07, 6.45) is 1.50. The Balaban J connectivity index is 1.98. The molecule has 19 heavy (non-hydrogen) atoms. The molecule has 1 atom stereocenters. The van der Waals surface area contributed by atoms with E-state index in [-0.39, 0.29) is 11.9 Å². The first-order valence-corrected chi connectivity index (χ1v) is 7.78. The highest BCUT2D eigenvalue weighted by molar-refractivity contribution is 14.1. The zero-order chi connectivity index (χ0) is 13.4. The van der Waals surface area contributed by atoms with Crippen LogP contribution in [-0.4, -0.2) is 21.5 Å². The highest BCUT2D eigenvalue weighted by Gasteiger charge is 2.22. The summed E-state index contributed by atoms with van der Waals surface area (Å²) in [5, 5.41) is 2.99. The number of halogens is 2. The minimum Gasteiger partial charge on any atom is -0.352 e. The van der Waals surface area contributed by atoms with Gasteiger partial charge in [-0.1, -0.05) is 0 Å². The average Bonchev–Trinajstić information content (AvgIpc) is 2.94. The van der Waals surface area contributed by atoms with E-state index in [1.807, 2.05) is 0 Å². The molecule has 1 aromatic heterocycles. The number of nitrogens with zero attached hydrogens (tertiary/aromatic N) is 2. The van der Waals surface area contributed by atoms with E-state index in [0.717, 1.165) is 33.4 Å². The summed E-state index contributed by atoms with van der Waals surface area (Å²) in [6.45, 7) is 0.741. The second-order valence-corrected chi connectivity index (χ2v) is 6.22. The van der Waals surface area contributed by atoms with Gasteiger partial charge in [-0.3, -0.25) is 4.79 Å². The van der Waals surface area contributed by atoms with E-state index in [1.54, 1.807) is 0 Å². The molecule has 4 nitrogen and oxygen atoms in total. The Morgan fingerprint density at radius 3 is 3.05 bits per heavy atom. The van der Waals surface area contributed by atoms with E-state index >= 15 is 0 Å². The van der Waals surface area contributed by atoms with Gasteiger partial charge in [0, 0.05) is 22.6 Å². The van der Waals surface area contributed by atoms with Crippen molar-refractivity contribution in [2.24, 2.45) is 0 Å². The highest BCUT2D eigenvalue weighted by Crippen LogP contribution is 2.22. The Kier molecular flexibility index (Phi) is 3.66. The molecule has 1 aliphatic heterocycles. The molecule has 0 bridgehead atoms. The van der Waals surface area contributed by atoms with Crippen molar-refractivity contribution in [2.75, 3.05) is 0 Å². The lowest BCUT2D eigenvalue weighted by Crippen LogP contribution is -2.30. The predicted octanol–water partition coefficient (Wildman–Crippen LogP) is 2.66. The first-order chi connectivity index (χ1) is 9.17. The van der Waals surface area contributed by atoms with Crippen LogP contribution in [-0.2, 0) is 17.2 Å². The summed E-state index contributed by atoms with van der Waals surface area (Å²) in [5.74, 6) is 1.38. The van der Waals surface area contributed by atoms with Gasteiger partial charge in [0.05, 0.1) is 16.9 Å². The predicted molar refractivity (Wildman–Crippen MR) is 83.2 cm³/mol. The van der Waals surface area contributed by atoms with Crippen molar-refractivity contribution in [2.45, 2.75) is 31.3 Å². The number of aromatic nitrogens is 2. The summed E-state index contributed by atoms with van der Waals surface area (Å²) < 4.78 is 3.28. The van der Waals surface area contributed by atoms with Gasteiger partial charge >= 0.3 is 0 Å². The van der Waals surface area contributed by atoms with E-state index in [0.29, 0.717) is 12.3 Å². The molecular weight excluding hydrogens is 377 g/mol. The molecule has 1 unspecified atom stereocenters. The standard InChI is InChI=1S/C13H13ClIN3O/c14-6-12-17-10-5-8(15)1-3-11(10)18(12)7-9-2-4-13(19)16-9/h1,3,5,9H,2,4,6-7H2,(H,16,19). The molecule has 1 amide bonds. The summed E-state index contributed by atoms with van der Waals surface area (Å²) in [4.78, 5) is 15.8. The quantitative estimate of drug-likeness (QED) is 0.648. The van der Waals surface area contributed by atoms with Crippen molar-refractivity contribution in [1.29, 1.82) is 0 Å². The fourth-order valence-electron chi connectivity index (χ4n) is 2.49. The van der Waals surface area contributed by atoms with Crippen LogP contribution < -0.4 is 5.32 Å². The monoisotopic (exact) mass is 389 g/mol. The number of nitrogens with one attached hydrogen (secondary N) is 1. The van der Waals surface area contributed by atoms with E-state index in [9.17, 15) is 4.79 Å². The van der Waals surface area contributed by atoms with Crippen LogP contribution >= 0.6 is 34.2 Å². The van der Waals surface area contributed by atoms with Crippen LogP contribution in [0.2, 0.25) is 0 Å². The first kappa shape index (κ1) is 13.2. The molecule has 0 radical (unpaired) electrons. The lowest BCUT2D eigenvalue weighted by atomic mass is 10.2. The van der Waals surface area contributed by atoms with Gasteiger partial charge in [0.15, 0.2) is 0 Å². The van der Waals surface area contributed by atoms with Gasteiger partial charge in [-0.05, 0) is 47.2 Å². The molecule has 2 aromatic rings. The summed E-state index contributed by atoms with van der Waals surface area (Å²) in [6, 6.07) is 6.37. The van der Waals surface area contributed by atoms with Gasteiger partial charge < -0.3 is 9.88 Å². The molecule has 100 valence electrons. The number of imidazole rings is 1. The van der Waals surface area contributed by atoms with Gasteiger partial charge in [-0.25, -0.2) is 4.98 Å². The van der Waals surface area contributed by atoms with Crippen molar-refractivity contribution in [1.82, 2.24) is 14.9 Å². The zero-order valence-corrected chi connectivity index (χ0v) is 13.1. The van der Waals surface area contributed by atoms with Crippen LogP contribution in [0.5, 0.6) is 0 Å². The number of amides is 1. The van der Waals surface area contributed by atoms with Crippen molar-refractivity contribution < 1.29 is 4.79 Å². The summed E-state index contributed by atoms with van der Waals surface area (Å²) in [5.41, 5.74) is 2.05.